The minimum atomic E-state index is -0.555. The second-order valence-corrected chi connectivity index (χ2v) is 6.34. The van der Waals surface area contributed by atoms with Gasteiger partial charge < -0.3 is 20.1 Å². The second kappa shape index (κ2) is 8.53. The number of nitrogens with zero attached hydrogens (tertiary/aromatic N) is 1. The van der Waals surface area contributed by atoms with Gasteiger partial charge in [0.05, 0.1) is 0 Å². The fourth-order valence-corrected chi connectivity index (χ4v) is 2.91. The highest BCUT2D eigenvalue weighted by molar-refractivity contribution is 5.94. The summed E-state index contributed by atoms with van der Waals surface area (Å²) in [5, 5.41) is 0. The van der Waals surface area contributed by atoms with Gasteiger partial charge in [0, 0.05) is 31.5 Å². The Morgan fingerprint density at radius 2 is 1.59 bits per heavy atom. The summed E-state index contributed by atoms with van der Waals surface area (Å²) < 4.78 is 24.0. The zero-order chi connectivity index (χ0) is 19.2. The summed E-state index contributed by atoms with van der Waals surface area (Å²) in [5.41, 5.74) is 5.59. The van der Waals surface area contributed by atoms with Crippen LogP contribution in [0.4, 0.5) is 4.39 Å². The van der Waals surface area contributed by atoms with Crippen LogP contribution in [0.15, 0.2) is 48.5 Å². The Kier molecular flexibility index (Phi) is 5.90. The third-order valence-electron chi connectivity index (χ3n) is 4.33. The average molecular weight is 372 g/mol. The molecule has 0 spiro atoms. The molecule has 2 N–H and O–H groups in total. The zero-order valence-electron chi connectivity index (χ0n) is 14.8. The number of piperidine rings is 1. The molecule has 3 rings (SSSR count). The maximum Gasteiger partial charge on any atom is 0.255 e. The molecule has 0 radical (unpaired) electrons. The Morgan fingerprint density at radius 3 is 2.19 bits per heavy atom. The minimum Gasteiger partial charge on any atom is -0.490 e. The minimum absolute atomic E-state index is 0.00378. The summed E-state index contributed by atoms with van der Waals surface area (Å²) in [7, 11) is 0. The molecule has 1 saturated heterocycles. The van der Waals surface area contributed by atoms with E-state index in [4.69, 9.17) is 15.2 Å². The van der Waals surface area contributed by atoms with Gasteiger partial charge >= 0.3 is 0 Å². The number of nitrogens with two attached hydrogens (primary N) is 1. The lowest BCUT2D eigenvalue weighted by molar-refractivity contribution is -0.119. The van der Waals surface area contributed by atoms with Gasteiger partial charge in [0.25, 0.3) is 11.8 Å². The number of likely N-dealkylation sites (tertiary alicyclic amines) is 1. The zero-order valence-corrected chi connectivity index (χ0v) is 14.8. The number of carbonyl (C=O) groups is 2. The van der Waals surface area contributed by atoms with Crippen LogP contribution in [0.2, 0.25) is 0 Å². The lowest BCUT2D eigenvalue weighted by Crippen LogP contribution is -2.41. The van der Waals surface area contributed by atoms with Gasteiger partial charge in [0.15, 0.2) is 6.61 Å². The van der Waals surface area contributed by atoms with Crippen LogP contribution in [0.5, 0.6) is 11.5 Å². The van der Waals surface area contributed by atoms with Gasteiger partial charge in [-0.15, -0.1) is 0 Å². The molecule has 7 heteroatoms. The van der Waals surface area contributed by atoms with E-state index in [1.807, 2.05) is 0 Å². The van der Waals surface area contributed by atoms with Crippen LogP contribution in [0, 0.1) is 5.82 Å². The molecule has 0 aromatic heterocycles. The van der Waals surface area contributed by atoms with Crippen molar-refractivity contribution in [2.75, 3.05) is 19.7 Å². The molecule has 1 aliphatic heterocycles. The number of amides is 2. The van der Waals surface area contributed by atoms with E-state index in [1.54, 1.807) is 41.3 Å². The third kappa shape index (κ3) is 5.20. The summed E-state index contributed by atoms with van der Waals surface area (Å²) in [6, 6.07) is 12.6. The normalized spacial score (nSPS) is 14.6. The molecule has 2 amide bonds. The van der Waals surface area contributed by atoms with Crippen LogP contribution >= 0.6 is 0 Å². The van der Waals surface area contributed by atoms with Crippen molar-refractivity contribution in [1.82, 2.24) is 4.90 Å². The SMILES string of the molecule is NC(=O)COc1ccc(C(=O)N2CCC(Oc3ccc(F)cc3)CC2)cc1. The molecule has 1 heterocycles. The highest BCUT2D eigenvalue weighted by atomic mass is 19.1. The van der Waals surface area contributed by atoms with E-state index in [2.05, 4.69) is 0 Å². The first kappa shape index (κ1) is 18.7. The molecule has 0 aliphatic carbocycles. The van der Waals surface area contributed by atoms with Gasteiger partial charge in [-0.05, 0) is 48.5 Å². The molecule has 0 saturated carbocycles. The fraction of sp³-hybridized carbons (Fsp3) is 0.300. The van der Waals surface area contributed by atoms with E-state index in [1.165, 1.54) is 12.1 Å². The van der Waals surface area contributed by atoms with Crippen molar-refractivity contribution in [3.63, 3.8) is 0 Å². The van der Waals surface area contributed by atoms with Crippen LogP contribution in [-0.4, -0.2) is 42.5 Å². The van der Waals surface area contributed by atoms with Crippen LogP contribution in [0.3, 0.4) is 0 Å². The number of carbonyl (C=O) groups excluding carboxylic acids is 2. The monoisotopic (exact) mass is 372 g/mol. The average Bonchev–Trinajstić information content (AvgIpc) is 2.68. The first-order valence-electron chi connectivity index (χ1n) is 8.74. The number of halogens is 1. The van der Waals surface area contributed by atoms with Crippen molar-refractivity contribution >= 4 is 11.8 Å². The van der Waals surface area contributed by atoms with Crippen molar-refractivity contribution in [2.45, 2.75) is 18.9 Å². The number of benzene rings is 2. The van der Waals surface area contributed by atoms with Gasteiger partial charge in [-0.2, -0.15) is 0 Å². The maximum absolute atomic E-state index is 12.9. The maximum atomic E-state index is 12.9. The Morgan fingerprint density at radius 1 is 1.00 bits per heavy atom. The molecule has 27 heavy (non-hydrogen) atoms. The highest BCUT2D eigenvalue weighted by Gasteiger charge is 2.24. The van der Waals surface area contributed by atoms with Crippen molar-refractivity contribution in [2.24, 2.45) is 5.73 Å². The number of hydrogen-bond acceptors (Lipinski definition) is 4. The predicted octanol–water partition coefficient (Wildman–Crippen LogP) is 2.37. The van der Waals surface area contributed by atoms with Crippen LogP contribution in [0.25, 0.3) is 0 Å². The summed E-state index contributed by atoms with van der Waals surface area (Å²) in [6.45, 7) is 0.976. The smallest absolute Gasteiger partial charge is 0.255 e. The molecular weight excluding hydrogens is 351 g/mol. The Hall–Kier alpha value is -3.09. The van der Waals surface area contributed by atoms with Gasteiger partial charge in [0.1, 0.15) is 23.4 Å². The van der Waals surface area contributed by atoms with E-state index >= 15 is 0 Å². The van der Waals surface area contributed by atoms with Gasteiger partial charge in [0.2, 0.25) is 0 Å². The molecule has 2 aromatic carbocycles. The summed E-state index contributed by atoms with van der Waals surface area (Å²) in [5.74, 6) is 0.204. The molecule has 0 bridgehead atoms. The second-order valence-electron chi connectivity index (χ2n) is 6.34. The quantitative estimate of drug-likeness (QED) is 0.844. The Bertz CT molecular complexity index is 785. The number of rotatable bonds is 6. The van der Waals surface area contributed by atoms with Crippen molar-refractivity contribution in [3.05, 3.63) is 59.9 Å². The molecular formula is C20H21FN2O4. The van der Waals surface area contributed by atoms with E-state index < -0.39 is 5.91 Å². The van der Waals surface area contributed by atoms with Gasteiger partial charge in [-0.1, -0.05) is 0 Å². The number of hydrogen-bond donors (Lipinski definition) is 1. The largest absolute Gasteiger partial charge is 0.490 e. The van der Waals surface area contributed by atoms with Crippen molar-refractivity contribution in [1.29, 1.82) is 0 Å². The Balaban J connectivity index is 1.50. The predicted molar refractivity (Wildman–Crippen MR) is 97.1 cm³/mol. The first-order chi connectivity index (χ1) is 13.0. The third-order valence-corrected chi connectivity index (χ3v) is 4.33. The van der Waals surface area contributed by atoms with E-state index in [0.717, 1.165) is 0 Å². The van der Waals surface area contributed by atoms with E-state index in [-0.39, 0.29) is 24.4 Å². The molecule has 1 fully saturated rings. The first-order valence-corrected chi connectivity index (χ1v) is 8.74. The van der Waals surface area contributed by atoms with Gasteiger partial charge in [-0.25, -0.2) is 4.39 Å². The summed E-state index contributed by atoms with van der Waals surface area (Å²) in [4.78, 5) is 25.1. The molecule has 2 aromatic rings. The molecule has 0 atom stereocenters. The number of primary amides is 1. The summed E-state index contributed by atoms with van der Waals surface area (Å²) >= 11 is 0. The fourth-order valence-electron chi connectivity index (χ4n) is 2.91. The van der Waals surface area contributed by atoms with Crippen LogP contribution in [0.1, 0.15) is 23.2 Å². The lowest BCUT2D eigenvalue weighted by Gasteiger charge is -2.32. The van der Waals surface area contributed by atoms with Crippen LogP contribution in [-0.2, 0) is 4.79 Å². The van der Waals surface area contributed by atoms with Crippen molar-refractivity contribution in [3.8, 4) is 11.5 Å². The number of ether oxygens (including phenoxy) is 2. The molecule has 142 valence electrons. The highest BCUT2D eigenvalue weighted by Crippen LogP contribution is 2.21. The van der Waals surface area contributed by atoms with E-state index in [9.17, 15) is 14.0 Å². The Labute approximate surface area is 156 Å². The lowest BCUT2D eigenvalue weighted by atomic mass is 10.1. The van der Waals surface area contributed by atoms with Gasteiger partial charge in [-0.3, -0.25) is 9.59 Å². The van der Waals surface area contributed by atoms with Crippen LogP contribution < -0.4 is 15.2 Å². The molecule has 0 unspecified atom stereocenters. The standard InChI is InChI=1S/C20H21FN2O4/c21-15-3-7-17(8-4-15)27-18-9-11-23(12-10-18)20(25)14-1-5-16(6-2-14)26-13-19(22)24/h1-8,18H,9-13H2,(H2,22,24). The molecule has 1 aliphatic rings. The summed E-state index contributed by atoms with van der Waals surface area (Å²) in [6.07, 6.45) is 1.43. The topological polar surface area (TPSA) is 81.9 Å². The molecule has 6 nitrogen and oxygen atoms in total. The van der Waals surface area contributed by atoms with E-state index in [0.29, 0.717) is 43.0 Å². The van der Waals surface area contributed by atoms with Crippen molar-refractivity contribution < 1.29 is 23.5 Å².